The van der Waals surface area contributed by atoms with Gasteiger partial charge in [-0.1, -0.05) is 0 Å². The summed E-state index contributed by atoms with van der Waals surface area (Å²) in [6.07, 6.45) is 1.06. The molecule has 0 unspecified atom stereocenters. The highest BCUT2D eigenvalue weighted by molar-refractivity contribution is 6.17. The van der Waals surface area contributed by atoms with Gasteiger partial charge in [0.25, 0.3) is 0 Å². The highest BCUT2D eigenvalue weighted by Crippen LogP contribution is 2.35. The van der Waals surface area contributed by atoms with Gasteiger partial charge in [0.05, 0.1) is 32.8 Å². The number of carboxylic acids is 1. The standard InChI is InChI=1S/C28H18O9/c1-11-6-17(28(34)35)24-21(7-11)36-10-19(26(24)33)23-15(12(2)29)9-18-25(32)16-8-14(31)4-5-20(16)37-27(18)22(23)13(3)30/h4-10,31H,1-3H3,(H,34,35). The van der Waals surface area contributed by atoms with E-state index >= 15 is 0 Å². The molecule has 37 heavy (non-hydrogen) atoms. The molecular weight excluding hydrogens is 480 g/mol. The molecule has 3 aromatic carbocycles. The highest BCUT2D eigenvalue weighted by Gasteiger charge is 2.28. The number of aryl methyl sites for hydroxylation is 1. The monoisotopic (exact) mass is 498 g/mol. The predicted molar refractivity (Wildman–Crippen MR) is 135 cm³/mol. The summed E-state index contributed by atoms with van der Waals surface area (Å²) in [6, 6.07) is 7.94. The van der Waals surface area contributed by atoms with Crippen molar-refractivity contribution in [1.82, 2.24) is 0 Å². The van der Waals surface area contributed by atoms with E-state index in [9.17, 15) is 34.2 Å². The van der Waals surface area contributed by atoms with Crippen LogP contribution < -0.4 is 10.9 Å². The van der Waals surface area contributed by atoms with Gasteiger partial charge in [-0.25, -0.2) is 4.79 Å². The molecule has 0 aliphatic carbocycles. The van der Waals surface area contributed by atoms with Crippen LogP contribution in [0, 0.1) is 6.92 Å². The molecule has 0 atom stereocenters. The molecule has 0 aliphatic rings. The Kier molecular flexibility index (Phi) is 5.29. The molecule has 0 fully saturated rings. The van der Waals surface area contributed by atoms with Gasteiger partial charge in [0.2, 0.25) is 10.9 Å². The third-order valence-corrected chi connectivity index (χ3v) is 6.20. The van der Waals surface area contributed by atoms with Crippen LogP contribution in [0.4, 0.5) is 0 Å². The molecule has 2 N–H and O–H groups in total. The van der Waals surface area contributed by atoms with Gasteiger partial charge in [-0.05, 0) is 62.7 Å². The first-order valence-electron chi connectivity index (χ1n) is 11.1. The molecule has 0 amide bonds. The SMILES string of the molecule is CC(=O)c1cc2c(=O)c3cc(O)ccc3oc2c(C(C)=O)c1-c1coc2cc(C)cc(C(=O)O)c2c1=O. The number of phenolic OH excluding ortho intramolecular Hbond substituents is 1. The number of carbonyl (C=O) groups excluding carboxylic acids is 2. The smallest absolute Gasteiger partial charge is 0.336 e. The van der Waals surface area contributed by atoms with Crippen molar-refractivity contribution in [1.29, 1.82) is 0 Å². The average Bonchev–Trinajstić information content (AvgIpc) is 2.83. The van der Waals surface area contributed by atoms with E-state index < -0.39 is 28.4 Å². The molecule has 2 heterocycles. The van der Waals surface area contributed by atoms with Crippen LogP contribution in [0.25, 0.3) is 44.0 Å². The van der Waals surface area contributed by atoms with Gasteiger partial charge < -0.3 is 19.0 Å². The molecule has 0 radical (unpaired) electrons. The largest absolute Gasteiger partial charge is 0.508 e. The van der Waals surface area contributed by atoms with Crippen LogP contribution in [-0.2, 0) is 0 Å². The lowest BCUT2D eigenvalue weighted by Crippen LogP contribution is -2.16. The molecule has 0 saturated heterocycles. The van der Waals surface area contributed by atoms with Gasteiger partial charge in [0, 0.05) is 11.1 Å². The number of hydrogen-bond acceptors (Lipinski definition) is 8. The maximum atomic E-state index is 13.7. The summed E-state index contributed by atoms with van der Waals surface area (Å²) in [4.78, 5) is 64.7. The summed E-state index contributed by atoms with van der Waals surface area (Å²) in [5.41, 5.74) is -1.83. The van der Waals surface area contributed by atoms with E-state index in [0.717, 1.165) is 6.26 Å². The molecule has 5 aromatic rings. The topological polar surface area (TPSA) is 152 Å². The number of carbonyl (C=O) groups is 3. The lowest BCUT2D eigenvalue weighted by atomic mass is 9.88. The molecule has 0 saturated carbocycles. The molecule has 184 valence electrons. The predicted octanol–water partition coefficient (Wildman–Crippen LogP) is 4.84. The summed E-state index contributed by atoms with van der Waals surface area (Å²) in [6.45, 7) is 4.05. The van der Waals surface area contributed by atoms with Crippen LogP contribution in [0.1, 0.15) is 50.5 Å². The van der Waals surface area contributed by atoms with Crippen LogP contribution >= 0.6 is 0 Å². The van der Waals surface area contributed by atoms with Gasteiger partial charge in [0.1, 0.15) is 28.8 Å². The summed E-state index contributed by atoms with van der Waals surface area (Å²) in [5.74, 6) is -2.69. The number of carboxylic acid groups (broad SMARTS) is 1. The van der Waals surface area contributed by atoms with E-state index in [4.69, 9.17) is 8.83 Å². The van der Waals surface area contributed by atoms with Crippen molar-refractivity contribution in [3.05, 3.63) is 85.4 Å². The first-order valence-corrected chi connectivity index (χ1v) is 11.1. The van der Waals surface area contributed by atoms with Gasteiger partial charge >= 0.3 is 5.97 Å². The molecule has 0 spiro atoms. The fourth-order valence-electron chi connectivity index (χ4n) is 4.60. The van der Waals surface area contributed by atoms with Gasteiger partial charge in [0.15, 0.2) is 11.6 Å². The second-order valence-electron chi connectivity index (χ2n) is 8.74. The highest BCUT2D eigenvalue weighted by atomic mass is 16.4. The number of benzene rings is 3. The normalized spacial score (nSPS) is 11.3. The number of aromatic hydroxyl groups is 1. The van der Waals surface area contributed by atoms with Crippen LogP contribution in [0.15, 0.2) is 61.1 Å². The first-order chi connectivity index (χ1) is 17.5. The Bertz CT molecular complexity index is 1970. The lowest BCUT2D eigenvalue weighted by molar-refractivity contribution is 0.0698. The van der Waals surface area contributed by atoms with E-state index in [1.165, 1.54) is 50.2 Å². The summed E-state index contributed by atoms with van der Waals surface area (Å²) in [7, 11) is 0. The minimum Gasteiger partial charge on any atom is -0.508 e. The third kappa shape index (κ3) is 3.59. The summed E-state index contributed by atoms with van der Waals surface area (Å²) >= 11 is 0. The third-order valence-electron chi connectivity index (χ3n) is 6.20. The van der Waals surface area contributed by atoms with E-state index in [-0.39, 0.29) is 66.5 Å². The van der Waals surface area contributed by atoms with Crippen molar-refractivity contribution >= 4 is 50.4 Å². The maximum Gasteiger partial charge on any atom is 0.336 e. The van der Waals surface area contributed by atoms with Gasteiger partial charge in [-0.3, -0.25) is 19.2 Å². The molecule has 9 heteroatoms. The average molecular weight is 498 g/mol. The maximum absolute atomic E-state index is 13.7. The fraction of sp³-hybridized carbons (Fsp3) is 0.107. The van der Waals surface area contributed by atoms with Crippen LogP contribution in [0.2, 0.25) is 0 Å². The fourth-order valence-corrected chi connectivity index (χ4v) is 4.60. The molecule has 9 nitrogen and oxygen atoms in total. The van der Waals surface area contributed by atoms with Gasteiger partial charge in [-0.2, -0.15) is 0 Å². The van der Waals surface area contributed by atoms with Crippen molar-refractivity contribution in [3.8, 4) is 16.9 Å². The van der Waals surface area contributed by atoms with Crippen LogP contribution in [0.5, 0.6) is 5.75 Å². The molecular formula is C28H18O9. The quantitative estimate of drug-likeness (QED) is 0.262. The second-order valence-corrected chi connectivity index (χ2v) is 8.74. The zero-order valence-corrected chi connectivity index (χ0v) is 19.8. The zero-order chi connectivity index (χ0) is 26.8. The second kappa shape index (κ2) is 8.27. The minimum atomic E-state index is -1.35. The Labute approximate surface area is 207 Å². The van der Waals surface area contributed by atoms with Crippen molar-refractivity contribution in [2.24, 2.45) is 0 Å². The number of hydrogen-bond donors (Lipinski definition) is 2. The first kappa shape index (κ1) is 23.7. The van der Waals surface area contributed by atoms with Gasteiger partial charge in [-0.15, -0.1) is 0 Å². The van der Waals surface area contributed by atoms with E-state index in [1.54, 1.807) is 6.92 Å². The van der Waals surface area contributed by atoms with Crippen molar-refractivity contribution in [3.63, 3.8) is 0 Å². The van der Waals surface area contributed by atoms with E-state index in [2.05, 4.69) is 0 Å². The van der Waals surface area contributed by atoms with E-state index in [0.29, 0.717) is 5.56 Å². The number of ketones is 2. The number of Topliss-reactive ketones (excluding diaryl/α,β-unsaturated/α-hetero) is 2. The van der Waals surface area contributed by atoms with Crippen molar-refractivity contribution in [2.75, 3.05) is 0 Å². The molecule has 0 bridgehead atoms. The number of fused-ring (bicyclic) bond motifs is 3. The van der Waals surface area contributed by atoms with Crippen molar-refractivity contribution < 1.29 is 33.4 Å². The van der Waals surface area contributed by atoms with Crippen molar-refractivity contribution in [2.45, 2.75) is 20.8 Å². The zero-order valence-electron chi connectivity index (χ0n) is 19.8. The molecule has 2 aromatic heterocycles. The van der Waals surface area contributed by atoms with Crippen LogP contribution in [0.3, 0.4) is 0 Å². The Hall–Kier alpha value is -5.05. The number of phenols is 1. The number of aromatic carboxylic acids is 1. The summed E-state index contributed by atoms with van der Waals surface area (Å²) in [5, 5.41) is 19.3. The molecule has 0 aliphatic heterocycles. The Morgan fingerprint density at radius 2 is 1.57 bits per heavy atom. The van der Waals surface area contributed by atoms with Crippen LogP contribution in [-0.4, -0.2) is 27.7 Å². The van der Waals surface area contributed by atoms with E-state index in [1.807, 2.05) is 0 Å². The minimum absolute atomic E-state index is 0.0259. The Morgan fingerprint density at radius 3 is 2.22 bits per heavy atom. The summed E-state index contributed by atoms with van der Waals surface area (Å²) < 4.78 is 11.5. The Morgan fingerprint density at radius 1 is 0.838 bits per heavy atom. The Balaban J connectivity index is 2.02. The number of rotatable bonds is 4. The molecule has 5 rings (SSSR count). The lowest BCUT2D eigenvalue weighted by Gasteiger charge is -2.15.